The lowest BCUT2D eigenvalue weighted by Crippen LogP contribution is -2.30. The first kappa shape index (κ1) is 68.6. The Kier molecular flexibility index (Phi) is 56.4. The first-order chi connectivity index (χ1) is 36.0. The highest BCUT2D eigenvalue weighted by atomic mass is 16.6. The van der Waals surface area contributed by atoms with Gasteiger partial charge in [0.2, 0.25) is 0 Å². The van der Waals surface area contributed by atoms with Crippen LogP contribution in [-0.4, -0.2) is 37.2 Å². The molecule has 0 aliphatic carbocycles. The lowest BCUT2D eigenvalue weighted by atomic mass is 10.0. The highest BCUT2D eigenvalue weighted by Gasteiger charge is 2.19. The number of hydrogen-bond donors (Lipinski definition) is 0. The van der Waals surface area contributed by atoms with Crippen molar-refractivity contribution < 1.29 is 28.6 Å². The fraction of sp³-hybridized carbons (Fsp3) is 0.627. The predicted octanol–water partition coefficient (Wildman–Crippen LogP) is 20.2. The highest BCUT2D eigenvalue weighted by molar-refractivity contribution is 5.71. The summed E-state index contributed by atoms with van der Waals surface area (Å²) in [6, 6.07) is 0. The molecule has 0 aliphatic rings. The Bertz CT molecular complexity index is 1580. The van der Waals surface area contributed by atoms with Gasteiger partial charge in [-0.15, -0.1) is 0 Å². The van der Waals surface area contributed by atoms with Crippen LogP contribution in [0.3, 0.4) is 0 Å². The summed E-state index contributed by atoms with van der Waals surface area (Å²) in [5, 5.41) is 0. The standard InChI is InChI=1S/C67H108O6/c1-4-7-10-13-16-19-22-25-28-30-31-32-33-34-35-37-39-42-45-48-51-54-57-60-66(69)72-63-64(62-71-65(68)59-56-53-50-47-44-41-38-27-24-21-18-15-12-9-6-3)73-67(70)61-58-55-52-49-46-43-40-36-29-26-23-20-17-14-11-8-5-2/h8-9,11-12,17-18,20-22,25-27,29-31,38,40,43-44,47,49,52,64H,4-7,10,13-16,19,23-24,28,32-37,39,41-42,45-46,48,50-51,53-63H2,1-3H3/b11-8-,12-9-,20-17-,21-18-,25-22-,29-26-,31-30-,38-27-,43-40-,47-44-,52-49-. The molecule has 0 bridgehead atoms. The van der Waals surface area contributed by atoms with Gasteiger partial charge in [0.15, 0.2) is 6.10 Å². The third-order valence-corrected chi connectivity index (χ3v) is 12.1. The topological polar surface area (TPSA) is 78.9 Å². The second kappa shape index (κ2) is 60.1. The second-order valence-electron chi connectivity index (χ2n) is 19.1. The molecule has 6 heteroatoms. The number of carbonyl (C=O) groups is 3. The number of rotatable bonds is 52. The van der Waals surface area contributed by atoms with Gasteiger partial charge in [-0.25, -0.2) is 0 Å². The summed E-state index contributed by atoms with van der Waals surface area (Å²) in [6.45, 7) is 6.31. The summed E-state index contributed by atoms with van der Waals surface area (Å²) in [5.74, 6) is -1.03. The van der Waals surface area contributed by atoms with Gasteiger partial charge in [-0.2, -0.15) is 0 Å². The van der Waals surface area contributed by atoms with Gasteiger partial charge in [0.25, 0.3) is 0 Å². The van der Waals surface area contributed by atoms with E-state index < -0.39 is 6.10 Å². The molecule has 412 valence electrons. The Morgan fingerprint density at radius 1 is 0.288 bits per heavy atom. The highest BCUT2D eigenvalue weighted by Crippen LogP contribution is 2.14. The molecule has 0 N–H and O–H groups in total. The van der Waals surface area contributed by atoms with E-state index >= 15 is 0 Å². The summed E-state index contributed by atoms with van der Waals surface area (Å²) in [6.07, 6.45) is 84.6. The van der Waals surface area contributed by atoms with Gasteiger partial charge < -0.3 is 14.2 Å². The Morgan fingerprint density at radius 2 is 0.548 bits per heavy atom. The fourth-order valence-corrected chi connectivity index (χ4v) is 7.73. The molecule has 0 aromatic carbocycles. The van der Waals surface area contributed by atoms with Gasteiger partial charge in [-0.1, -0.05) is 238 Å². The van der Waals surface area contributed by atoms with E-state index in [1.54, 1.807) is 0 Å². The lowest BCUT2D eigenvalue weighted by molar-refractivity contribution is -0.167. The van der Waals surface area contributed by atoms with Gasteiger partial charge in [-0.05, 0) is 128 Å². The maximum atomic E-state index is 12.8. The minimum atomic E-state index is -0.831. The zero-order valence-electron chi connectivity index (χ0n) is 47.1. The van der Waals surface area contributed by atoms with Gasteiger partial charge in [0.1, 0.15) is 13.2 Å². The van der Waals surface area contributed by atoms with Crippen LogP contribution >= 0.6 is 0 Å². The number of allylic oxidation sites excluding steroid dienone is 22. The van der Waals surface area contributed by atoms with E-state index in [2.05, 4.69) is 154 Å². The maximum Gasteiger partial charge on any atom is 0.306 e. The van der Waals surface area contributed by atoms with Gasteiger partial charge in [0.05, 0.1) is 0 Å². The van der Waals surface area contributed by atoms with Gasteiger partial charge in [0, 0.05) is 19.3 Å². The molecular weight excluding hydrogens is 901 g/mol. The van der Waals surface area contributed by atoms with E-state index in [0.29, 0.717) is 19.3 Å². The fourth-order valence-electron chi connectivity index (χ4n) is 7.73. The Hall–Kier alpha value is -4.45. The van der Waals surface area contributed by atoms with Crippen molar-refractivity contribution >= 4 is 17.9 Å². The van der Waals surface area contributed by atoms with Crippen LogP contribution in [-0.2, 0) is 28.6 Å². The number of ether oxygens (including phenoxy) is 3. The van der Waals surface area contributed by atoms with E-state index in [4.69, 9.17) is 14.2 Å². The minimum Gasteiger partial charge on any atom is -0.462 e. The molecule has 0 rings (SSSR count). The molecule has 0 heterocycles. The zero-order valence-corrected chi connectivity index (χ0v) is 47.1. The van der Waals surface area contributed by atoms with Crippen molar-refractivity contribution in [1.82, 2.24) is 0 Å². The van der Waals surface area contributed by atoms with Crippen LogP contribution in [0.1, 0.15) is 252 Å². The first-order valence-corrected chi connectivity index (χ1v) is 29.7. The molecule has 0 aromatic heterocycles. The average Bonchev–Trinajstić information content (AvgIpc) is 3.39. The van der Waals surface area contributed by atoms with Crippen LogP contribution in [0.5, 0.6) is 0 Å². The van der Waals surface area contributed by atoms with Crippen LogP contribution in [0.2, 0.25) is 0 Å². The largest absolute Gasteiger partial charge is 0.462 e. The maximum absolute atomic E-state index is 12.8. The van der Waals surface area contributed by atoms with E-state index in [0.717, 1.165) is 103 Å². The summed E-state index contributed by atoms with van der Waals surface area (Å²) in [5.41, 5.74) is 0. The molecular formula is C67H108O6. The van der Waals surface area contributed by atoms with E-state index in [1.165, 1.54) is 96.3 Å². The third kappa shape index (κ3) is 58.3. The SMILES string of the molecule is CC/C=C\C/C=C\C/C=C\C/C=C\C/C=C\CCCC(=O)OC(COC(=O)CCCC/C=C\C/C=C\C/C=C\C/C=C\CC)COC(=O)CCCCCCCCCCCCC/C=C\C/C=C\CCCCCCC. The Morgan fingerprint density at radius 3 is 0.904 bits per heavy atom. The van der Waals surface area contributed by atoms with Gasteiger partial charge >= 0.3 is 17.9 Å². The number of hydrogen-bond acceptors (Lipinski definition) is 6. The number of esters is 3. The van der Waals surface area contributed by atoms with Crippen molar-refractivity contribution in [3.63, 3.8) is 0 Å². The molecule has 0 aliphatic heterocycles. The van der Waals surface area contributed by atoms with E-state index in [-0.39, 0.29) is 44.0 Å². The molecule has 6 nitrogen and oxygen atoms in total. The van der Waals surface area contributed by atoms with Crippen LogP contribution in [0.25, 0.3) is 0 Å². The molecule has 0 fully saturated rings. The smallest absolute Gasteiger partial charge is 0.306 e. The van der Waals surface area contributed by atoms with Crippen LogP contribution in [0.4, 0.5) is 0 Å². The van der Waals surface area contributed by atoms with Crippen LogP contribution in [0, 0.1) is 0 Å². The average molecular weight is 1010 g/mol. The van der Waals surface area contributed by atoms with Crippen molar-refractivity contribution in [2.24, 2.45) is 0 Å². The van der Waals surface area contributed by atoms with E-state index in [1.807, 2.05) is 0 Å². The predicted molar refractivity (Wildman–Crippen MR) is 316 cm³/mol. The molecule has 0 radical (unpaired) electrons. The van der Waals surface area contributed by atoms with Crippen LogP contribution in [0.15, 0.2) is 134 Å². The van der Waals surface area contributed by atoms with Crippen molar-refractivity contribution in [2.75, 3.05) is 13.2 Å². The first-order valence-electron chi connectivity index (χ1n) is 29.7. The lowest BCUT2D eigenvalue weighted by Gasteiger charge is -2.18. The monoisotopic (exact) mass is 1010 g/mol. The van der Waals surface area contributed by atoms with Crippen LogP contribution < -0.4 is 0 Å². The minimum absolute atomic E-state index is 0.119. The molecule has 0 saturated heterocycles. The van der Waals surface area contributed by atoms with Crippen molar-refractivity contribution in [2.45, 2.75) is 258 Å². The zero-order chi connectivity index (χ0) is 52.9. The summed E-state index contributed by atoms with van der Waals surface area (Å²) in [4.78, 5) is 38.2. The van der Waals surface area contributed by atoms with E-state index in [9.17, 15) is 14.4 Å². The molecule has 0 spiro atoms. The summed E-state index contributed by atoms with van der Waals surface area (Å²) >= 11 is 0. The quantitative estimate of drug-likeness (QED) is 0.0261. The molecule has 0 saturated carbocycles. The van der Waals surface area contributed by atoms with Crippen molar-refractivity contribution in [3.05, 3.63) is 134 Å². The Balaban J connectivity index is 4.48. The summed E-state index contributed by atoms with van der Waals surface area (Å²) < 4.78 is 16.8. The Labute approximate surface area is 449 Å². The molecule has 1 unspecified atom stereocenters. The molecule has 73 heavy (non-hydrogen) atoms. The molecule has 0 amide bonds. The molecule has 1 atom stereocenters. The second-order valence-corrected chi connectivity index (χ2v) is 19.1. The van der Waals surface area contributed by atoms with Crippen molar-refractivity contribution in [3.8, 4) is 0 Å². The van der Waals surface area contributed by atoms with Crippen molar-refractivity contribution in [1.29, 1.82) is 0 Å². The van der Waals surface area contributed by atoms with Gasteiger partial charge in [-0.3, -0.25) is 14.4 Å². The molecule has 0 aromatic rings. The summed E-state index contributed by atoms with van der Waals surface area (Å²) in [7, 11) is 0. The number of carbonyl (C=O) groups excluding carboxylic acids is 3. The third-order valence-electron chi connectivity index (χ3n) is 12.1. The normalized spacial score (nSPS) is 13.1. The number of unbranched alkanes of at least 4 members (excludes halogenated alkanes) is 19.